The third kappa shape index (κ3) is 3.48. The van der Waals surface area contributed by atoms with Crippen LogP contribution in [0.4, 0.5) is 10.1 Å². The molecule has 0 aliphatic heterocycles. The molecule has 0 aliphatic carbocycles. The second-order valence-electron chi connectivity index (χ2n) is 5.05. The van der Waals surface area contributed by atoms with E-state index in [4.69, 9.17) is 11.6 Å². The van der Waals surface area contributed by atoms with Crippen LogP contribution < -0.4 is 5.43 Å². The first-order valence-electron chi connectivity index (χ1n) is 7.30. The van der Waals surface area contributed by atoms with E-state index < -0.39 is 0 Å². The fourth-order valence-electron chi connectivity index (χ4n) is 2.34. The van der Waals surface area contributed by atoms with Gasteiger partial charge in [-0.15, -0.1) is 0 Å². The normalized spacial score (nSPS) is 11.7. The summed E-state index contributed by atoms with van der Waals surface area (Å²) in [5.74, 6) is -0.255. The predicted octanol–water partition coefficient (Wildman–Crippen LogP) is 5.25. The Kier molecular flexibility index (Phi) is 4.53. The number of rotatable bonds is 4. The number of hydrogen-bond acceptors (Lipinski definition) is 3. The van der Waals surface area contributed by atoms with Gasteiger partial charge in [0.15, 0.2) is 0 Å². The monoisotopic (exact) mass is 327 g/mol. The van der Waals surface area contributed by atoms with Crippen molar-refractivity contribution in [2.75, 3.05) is 5.43 Å². The molecule has 1 aromatic heterocycles. The molecule has 0 bridgehead atoms. The SMILES string of the molecule is CCC(=NNc1ccnc2cc(Cl)ccc12)c1ccc(F)cc1. The van der Waals surface area contributed by atoms with Gasteiger partial charge in [0.25, 0.3) is 0 Å². The number of pyridine rings is 1. The van der Waals surface area contributed by atoms with Crippen molar-refractivity contribution < 1.29 is 4.39 Å². The molecule has 1 heterocycles. The van der Waals surface area contributed by atoms with Gasteiger partial charge in [-0.25, -0.2) is 4.39 Å². The van der Waals surface area contributed by atoms with Crippen LogP contribution in [0.1, 0.15) is 18.9 Å². The Bertz CT molecular complexity index is 860. The molecule has 0 unspecified atom stereocenters. The van der Waals surface area contributed by atoms with E-state index in [0.29, 0.717) is 5.02 Å². The van der Waals surface area contributed by atoms with Crippen LogP contribution in [0.25, 0.3) is 10.9 Å². The van der Waals surface area contributed by atoms with Gasteiger partial charge in [0.05, 0.1) is 16.9 Å². The number of aromatic nitrogens is 1. The van der Waals surface area contributed by atoms with Crippen molar-refractivity contribution in [1.82, 2.24) is 4.98 Å². The number of hydrazone groups is 1. The summed E-state index contributed by atoms with van der Waals surface area (Å²) >= 11 is 6.00. The van der Waals surface area contributed by atoms with Crippen LogP contribution in [0.2, 0.25) is 5.02 Å². The summed E-state index contributed by atoms with van der Waals surface area (Å²) in [6, 6.07) is 13.7. The number of benzene rings is 2. The lowest BCUT2D eigenvalue weighted by molar-refractivity contribution is 0.627. The van der Waals surface area contributed by atoms with Crippen molar-refractivity contribution in [3.8, 4) is 0 Å². The van der Waals surface area contributed by atoms with Gasteiger partial charge in [0.1, 0.15) is 5.82 Å². The molecular formula is C18H15ClFN3. The molecule has 1 N–H and O–H groups in total. The van der Waals surface area contributed by atoms with E-state index in [2.05, 4.69) is 15.5 Å². The van der Waals surface area contributed by atoms with Gasteiger partial charge in [-0.2, -0.15) is 5.10 Å². The van der Waals surface area contributed by atoms with Crippen molar-refractivity contribution in [3.05, 3.63) is 71.1 Å². The number of fused-ring (bicyclic) bond motifs is 1. The lowest BCUT2D eigenvalue weighted by Crippen LogP contribution is -2.03. The Morgan fingerprint density at radius 3 is 2.70 bits per heavy atom. The maximum atomic E-state index is 13.0. The average molecular weight is 328 g/mol. The van der Waals surface area contributed by atoms with Crippen LogP contribution in [0.3, 0.4) is 0 Å². The van der Waals surface area contributed by atoms with Crippen molar-refractivity contribution in [1.29, 1.82) is 0 Å². The summed E-state index contributed by atoms with van der Waals surface area (Å²) in [7, 11) is 0. The summed E-state index contributed by atoms with van der Waals surface area (Å²) < 4.78 is 13.0. The maximum Gasteiger partial charge on any atom is 0.123 e. The summed E-state index contributed by atoms with van der Waals surface area (Å²) in [5.41, 5.74) is 6.47. The molecular weight excluding hydrogens is 313 g/mol. The van der Waals surface area contributed by atoms with Gasteiger partial charge in [-0.05, 0) is 48.4 Å². The van der Waals surface area contributed by atoms with Gasteiger partial charge in [0.2, 0.25) is 0 Å². The maximum absolute atomic E-state index is 13.0. The van der Waals surface area contributed by atoms with E-state index >= 15 is 0 Å². The zero-order chi connectivity index (χ0) is 16.2. The van der Waals surface area contributed by atoms with Crippen LogP contribution >= 0.6 is 11.6 Å². The van der Waals surface area contributed by atoms with Crippen LogP contribution in [0.5, 0.6) is 0 Å². The van der Waals surface area contributed by atoms with E-state index in [-0.39, 0.29) is 5.82 Å². The lowest BCUT2D eigenvalue weighted by atomic mass is 10.1. The molecule has 23 heavy (non-hydrogen) atoms. The highest BCUT2D eigenvalue weighted by atomic mass is 35.5. The molecule has 0 atom stereocenters. The molecule has 0 saturated heterocycles. The molecule has 0 aliphatic rings. The number of halogens is 2. The highest BCUT2D eigenvalue weighted by Crippen LogP contribution is 2.24. The van der Waals surface area contributed by atoms with E-state index in [1.807, 2.05) is 31.2 Å². The van der Waals surface area contributed by atoms with Gasteiger partial charge >= 0.3 is 0 Å². The minimum absolute atomic E-state index is 0.255. The molecule has 0 spiro atoms. The number of nitrogens with one attached hydrogen (secondary N) is 1. The minimum atomic E-state index is -0.255. The van der Waals surface area contributed by atoms with E-state index in [9.17, 15) is 4.39 Å². The Balaban J connectivity index is 1.93. The first-order valence-corrected chi connectivity index (χ1v) is 7.68. The summed E-state index contributed by atoms with van der Waals surface area (Å²) in [6.45, 7) is 2.01. The van der Waals surface area contributed by atoms with E-state index in [0.717, 1.165) is 34.3 Å². The highest BCUT2D eigenvalue weighted by molar-refractivity contribution is 6.31. The fourth-order valence-corrected chi connectivity index (χ4v) is 2.50. The van der Waals surface area contributed by atoms with Crippen molar-refractivity contribution in [2.24, 2.45) is 5.10 Å². The standard InChI is InChI=1S/C18H15ClFN3/c1-2-16(12-3-6-14(20)7-4-12)22-23-17-9-10-21-18-11-13(19)5-8-15(17)18/h3-11H,2H2,1H3,(H,21,23). The summed E-state index contributed by atoms with van der Waals surface area (Å²) in [4.78, 5) is 4.30. The Morgan fingerprint density at radius 2 is 1.96 bits per heavy atom. The van der Waals surface area contributed by atoms with E-state index in [1.54, 1.807) is 18.3 Å². The van der Waals surface area contributed by atoms with Crippen LogP contribution in [-0.4, -0.2) is 10.7 Å². The smallest absolute Gasteiger partial charge is 0.123 e. The molecule has 0 fully saturated rings. The Morgan fingerprint density at radius 1 is 1.17 bits per heavy atom. The lowest BCUT2D eigenvalue weighted by Gasteiger charge is -2.08. The van der Waals surface area contributed by atoms with Crippen molar-refractivity contribution in [3.63, 3.8) is 0 Å². The third-order valence-corrected chi connectivity index (χ3v) is 3.76. The topological polar surface area (TPSA) is 37.3 Å². The number of anilines is 1. The molecule has 116 valence electrons. The highest BCUT2D eigenvalue weighted by Gasteiger charge is 2.04. The van der Waals surface area contributed by atoms with Gasteiger partial charge in [0, 0.05) is 16.6 Å². The van der Waals surface area contributed by atoms with Crippen LogP contribution in [-0.2, 0) is 0 Å². The molecule has 3 rings (SSSR count). The molecule has 3 aromatic rings. The minimum Gasteiger partial charge on any atom is -0.277 e. The molecule has 0 amide bonds. The zero-order valence-electron chi connectivity index (χ0n) is 12.6. The van der Waals surface area contributed by atoms with Crippen LogP contribution in [0.15, 0.2) is 59.8 Å². The Labute approximate surface area is 138 Å². The molecule has 2 aromatic carbocycles. The second kappa shape index (κ2) is 6.75. The zero-order valence-corrected chi connectivity index (χ0v) is 13.3. The van der Waals surface area contributed by atoms with Crippen LogP contribution in [0, 0.1) is 5.82 Å². The van der Waals surface area contributed by atoms with Crippen molar-refractivity contribution >= 4 is 33.9 Å². The fraction of sp³-hybridized carbons (Fsp3) is 0.111. The number of nitrogens with zero attached hydrogens (tertiary/aromatic N) is 2. The van der Waals surface area contributed by atoms with E-state index in [1.165, 1.54) is 12.1 Å². The largest absolute Gasteiger partial charge is 0.277 e. The summed E-state index contributed by atoms with van der Waals surface area (Å²) in [6.07, 6.45) is 2.44. The molecule has 5 heteroatoms. The second-order valence-corrected chi connectivity index (χ2v) is 5.49. The van der Waals surface area contributed by atoms with Gasteiger partial charge < -0.3 is 0 Å². The molecule has 0 saturated carbocycles. The molecule has 0 radical (unpaired) electrons. The average Bonchev–Trinajstić information content (AvgIpc) is 2.56. The quantitative estimate of drug-likeness (QED) is 0.524. The number of hydrogen-bond donors (Lipinski definition) is 1. The predicted molar refractivity (Wildman–Crippen MR) is 93.6 cm³/mol. The van der Waals surface area contributed by atoms with Gasteiger partial charge in [-0.3, -0.25) is 10.4 Å². The first kappa shape index (κ1) is 15.4. The van der Waals surface area contributed by atoms with Gasteiger partial charge in [-0.1, -0.05) is 30.7 Å². The first-order chi connectivity index (χ1) is 11.2. The Hall–Kier alpha value is -2.46. The van der Waals surface area contributed by atoms with Crippen molar-refractivity contribution in [2.45, 2.75) is 13.3 Å². The third-order valence-electron chi connectivity index (χ3n) is 3.53. The summed E-state index contributed by atoms with van der Waals surface area (Å²) in [5, 5.41) is 6.05. The molecule has 3 nitrogen and oxygen atoms in total.